The molecular formula is C14H14BrClN2O. The molecule has 0 aliphatic rings. The molecule has 0 bridgehead atoms. The summed E-state index contributed by atoms with van der Waals surface area (Å²) in [5.74, 6) is 6.48. The summed E-state index contributed by atoms with van der Waals surface area (Å²) < 4.78 is 6.14. The number of halogens is 2. The predicted molar refractivity (Wildman–Crippen MR) is 81.3 cm³/mol. The first kappa shape index (κ1) is 14.3. The van der Waals surface area contributed by atoms with E-state index in [1.807, 2.05) is 42.5 Å². The van der Waals surface area contributed by atoms with E-state index in [0.717, 1.165) is 21.3 Å². The van der Waals surface area contributed by atoms with Crippen LogP contribution in [0.15, 0.2) is 46.9 Å². The molecule has 2 aromatic rings. The van der Waals surface area contributed by atoms with Gasteiger partial charge in [0.25, 0.3) is 0 Å². The summed E-state index contributed by atoms with van der Waals surface area (Å²) in [6.07, 6.45) is 0. The number of hydrogen-bond donors (Lipinski definition) is 2. The predicted octanol–water partition coefficient (Wildman–Crippen LogP) is 3.66. The summed E-state index contributed by atoms with van der Waals surface area (Å²) in [6, 6.07) is 13.3. The Morgan fingerprint density at radius 2 is 2.05 bits per heavy atom. The molecule has 0 heterocycles. The molecule has 3 nitrogen and oxygen atoms in total. The Labute approximate surface area is 125 Å². The van der Waals surface area contributed by atoms with Gasteiger partial charge in [-0.3, -0.25) is 5.84 Å². The summed E-state index contributed by atoms with van der Waals surface area (Å²) in [5, 5.41) is 0.678. The highest BCUT2D eigenvalue weighted by Crippen LogP contribution is 2.31. The summed E-state index contributed by atoms with van der Waals surface area (Å²) in [6.45, 7) is 0. The highest BCUT2D eigenvalue weighted by molar-refractivity contribution is 9.10. The minimum absolute atomic E-state index is 0.137. The third-order valence-corrected chi connectivity index (χ3v) is 3.79. The van der Waals surface area contributed by atoms with Gasteiger partial charge in [0, 0.05) is 9.50 Å². The van der Waals surface area contributed by atoms with E-state index in [1.54, 1.807) is 7.11 Å². The van der Waals surface area contributed by atoms with Gasteiger partial charge in [-0.05, 0) is 35.4 Å². The standard InChI is InChI=1S/C14H14BrClN2O/c1-19-11-4-2-3-9(7-11)14(18-17)12-6-5-10(16)8-13(12)15/h2-8,14,18H,17H2,1H3. The van der Waals surface area contributed by atoms with Crippen LogP contribution in [0.1, 0.15) is 17.2 Å². The van der Waals surface area contributed by atoms with Crippen LogP contribution in [0.25, 0.3) is 0 Å². The van der Waals surface area contributed by atoms with Gasteiger partial charge in [-0.1, -0.05) is 45.7 Å². The SMILES string of the molecule is COc1cccc(C(NN)c2ccc(Cl)cc2Br)c1. The van der Waals surface area contributed by atoms with Crippen molar-refractivity contribution in [3.05, 3.63) is 63.1 Å². The van der Waals surface area contributed by atoms with Gasteiger partial charge in [-0.15, -0.1) is 0 Å². The van der Waals surface area contributed by atoms with Crippen molar-refractivity contribution in [1.82, 2.24) is 5.43 Å². The zero-order valence-corrected chi connectivity index (χ0v) is 12.7. The quantitative estimate of drug-likeness (QED) is 0.659. The van der Waals surface area contributed by atoms with Gasteiger partial charge in [0.1, 0.15) is 5.75 Å². The van der Waals surface area contributed by atoms with E-state index >= 15 is 0 Å². The third-order valence-electron chi connectivity index (χ3n) is 2.87. The van der Waals surface area contributed by atoms with Crippen LogP contribution in [0.5, 0.6) is 5.75 Å². The van der Waals surface area contributed by atoms with Crippen molar-refractivity contribution in [1.29, 1.82) is 0 Å². The van der Waals surface area contributed by atoms with Crippen molar-refractivity contribution >= 4 is 27.5 Å². The zero-order chi connectivity index (χ0) is 13.8. The molecule has 100 valence electrons. The maximum absolute atomic E-state index is 5.96. The maximum atomic E-state index is 5.96. The number of ether oxygens (including phenoxy) is 1. The van der Waals surface area contributed by atoms with Gasteiger partial charge in [0.2, 0.25) is 0 Å². The molecule has 1 atom stereocenters. The Balaban J connectivity index is 2.43. The molecule has 0 aliphatic heterocycles. The Bertz CT molecular complexity index is 577. The van der Waals surface area contributed by atoms with Gasteiger partial charge in [-0.25, -0.2) is 5.43 Å². The first-order valence-corrected chi connectivity index (χ1v) is 6.88. The van der Waals surface area contributed by atoms with Crippen LogP contribution >= 0.6 is 27.5 Å². The molecule has 2 rings (SSSR count). The van der Waals surface area contributed by atoms with Crippen molar-refractivity contribution in [3.63, 3.8) is 0 Å². The summed E-state index contributed by atoms with van der Waals surface area (Å²) in [4.78, 5) is 0. The lowest BCUT2D eigenvalue weighted by atomic mass is 9.99. The van der Waals surface area contributed by atoms with Gasteiger partial charge in [-0.2, -0.15) is 0 Å². The summed E-state index contributed by atoms with van der Waals surface area (Å²) >= 11 is 9.47. The van der Waals surface area contributed by atoms with E-state index in [2.05, 4.69) is 21.4 Å². The second-order valence-corrected chi connectivity index (χ2v) is 5.33. The first-order chi connectivity index (χ1) is 9.15. The fourth-order valence-electron chi connectivity index (χ4n) is 1.92. The molecular weight excluding hydrogens is 328 g/mol. The molecule has 0 radical (unpaired) electrons. The molecule has 0 saturated carbocycles. The minimum atomic E-state index is -0.137. The van der Waals surface area contributed by atoms with Gasteiger partial charge in [0.05, 0.1) is 13.2 Å². The summed E-state index contributed by atoms with van der Waals surface area (Å²) in [7, 11) is 1.64. The normalized spacial score (nSPS) is 12.2. The number of benzene rings is 2. The average Bonchev–Trinajstić information content (AvgIpc) is 2.42. The lowest BCUT2D eigenvalue weighted by Gasteiger charge is -2.19. The molecule has 2 aromatic carbocycles. The van der Waals surface area contributed by atoms with E-state index in [4.69, 9.17) is 22.2 Å². The maximum Gasteiger partial charge on any atom is 0.119 e. The molecule has 0 fully saturated rings. The van der Waals surface area contributed by atoms with Crippen LogP contribution in [0.4, 0.5) is 0 Å². The second-order valence-electron chi connectivity index (χ2n) is 4.04. The topological polar surface area (TPSA) is 47.3 Å². The molecule has 0 spiro atoms. The van der Waals surface area contributed by atoms with Crippen molar-refractivity contribution in [3.8, 4) is 5.75 Å². The van der Waals surface area contributed by atoms with E-state index in [0.29, 0.717) is 5.02 Å². The van der Waals surface area contributed by atoms with Crippen LogP contribution in [0, 0.1) is 0 Å². The fourth-order valence-corrected chi connectivity index (χ4v) is 2.83. The molecule has 0 aromatic heterocycles. The van der Waals surface area contributed by atoms with Crippen LogP contribution in [0.3, 0.4) is 0 Å². The van der Waals surface area contributed by atoms with E-state index in [1.165, 1.54) is 0 Å². The number of hydrogen-bond acceptors (Lipinski definition) is 3. The zero-order valence-electron chi connectivity index (χ0n) is 10.4. The molecule has 19 heavy (non-hydrogen) atoms. The van der Waals surface area contributed by atoms with Gasteiger partial charge in [0.15, 0.2) is 0 Å². The largest absolute Gasteiger partial charge is 0.497 e. The number of rotatable bonds is 4. The third kappa shape index (κ3) is 3.28. The number of nitrogens with one attached hydrogen (secondary N) is 1. The minimum Gasteiger partial charge on any atom is -0.497 e. The molecule has 5 heteroatoms. The molecule has 3 N–H and O–H groups in total. The molecule has 0 aliphatic carbocycles. The van der Waals surface area contributed by atoms with Crippen LogP contribution < -0.4 is 16.0 Å². The van der Waals surface area contributed by atoms with Crippen LogP contribution in [-0.2, 0) is 0 Å². The highest BCUT2D eigenvalue weighted by Gasteiger charge is 2.16. The van der Waals surface area contributed by atoms with E-state index in [9.17, 15) is 0 Å². The molecule has 0 amide bonds. The molecule has 1 unspecified atom stereocenters. The lowest BCUT2D eigenvalue weighted by Crippen LogP contribution is -2.29. The smallest absolute Gasteiger partial charge is 0.119 e. The van der Waals surface area contributed by atoms with Crippen molar-refractivity contribution < 1.29 is 4.74 Å². The van der Waals surface area contributed by atoms with E-state index < -0.39 is 0 Å². The Morgan fingerprint density at radius 3 is 2.68 bits per heavy atom. The van der Waals surface area contributed by atoms with Crippen molar-refractivity contribution in [2.24, 2.45) is 5.84 Å². The first-order valence-electron chi connectivity index (χ1n) is 5.70. The van der Waals surface area contributed by atoms with Gasteiger partial charge < -0.3 is 4.74 Å². The van der Waals surface area contributed by atoms with Crippen LogP contribution in [0.2, 0.25) is 5.02 Å². The Morgan fingerprint density at radius 1 is 1.26 bits per heavy atom. The molecule has 0 saturated heterocycles. The number of hydrazine groups is 1. The van der Waals surface area contributed by atoms with Crippen molar-refractivity contribution in [2.75, 3.05) is 7.11 Å². The Hall–Kier alpha value is -1.07. The highest BCUT2D eigenvalue weighted by atomic mass is 79.9. The summed E-state index contributed by atoms with van der Waals surface area (Å²) in [5.41, 5.74) is 4.85. The average molecular weight is 342 g/mol. The van der Waals surface area contributed by atoms with Crippen molar-refractivity contribution in [2.45, 2.75) is 6.04 Å². The number of methoxy groups -OCH3 is 1. The van der Waals surface area contributed by atoms with Crippen LogP contribution in [-0.4, -0.2) is 7.11 Å². The lowest BCUT2D eigenvalue weighted by molar-refractivity contribution is 0.413. The second kappa shape index (κ2) is 6.39. The van der Waals surface area contributed by atoms with E-state index in [-0.39, 0.29) is 6.04 Å². The fraction of sp³-hybridized carbons (Fsp3) is 0.143. The van der Waals surface area contributed by atoms with Gasteiger partial charge >= 0.3 is 0 Å². The monoisotopic (exact) mass is 340 g/mol. The Kier molecular flexibility index (Phi) is 4.82. The number of nitrogens with two attached hydrogens (primary N) is 1.